The standard InChI is InChI=1S/C15H19NO5/c1-3-20-13(18)15(14(19)21-4-2)8-5-9-16-11(10-17)6-7-12(15)16/h6-7,10H,3-5,8-9H2,1-2H3. The Morgan fingerprint density at radius 1 is 1.24 bits per heavy atom. The quantitative estimate of drug-likeness (QED) is 0.467. The molecule has 0 aromatic carbocycles. The monoisotopic (exact) mass is 293 g/mol. The number of rotatable bonds is 5. The van der Waals surface area contributed by atoms with Crippen LogP contribution in [-0.2, 0) is 31.0 Å². The smallest absolute Gasteiger partial charge is 0.329 e. The molecule has 1 aliphatic rings. The van der Waals surface area contributed by atoms with Crippen LogP contribution < -0.4 is 0 Å². The zero-order chi connectivity index (χ0) is 15.5. The molecule has 2 rings (SSSR count). The van der Waals surface area contributed by atoms with Crippen LogP contribution in [0.5, 0.6) is 0 Å². The van der Waals surface area contributed by atoms with E-state index in [4.69, 9.17) is 9.47 Å². The van der Waals surface area contributed by atoms with Gasteiger partial charge in [0, 0.05) is 12.2 Å². The van der Waals surface area contributed by atoms with E-state index in [2.05, 4.69) is 0 Å². The van der Waals surface area contributed by atoms with E-state index in [1.54, 1.807) is 30.5 Å². The minimum atomic E-state index is -1.47. The molecule has 21 heavy (non-hydrogen) atoms. The van der Waals surface area contributed by atoms with Crippen molar-refractivity contribution in [1.29, 1.82) is 0 Å². The Morgan fingerprint density at radius 3 is 2.38 bits per heavy atom. The molecule has 0 bridgehead atoms. The summed E-state index contributed by atoms with van der Waals surface area (Å²) in [6.45, 7) is 4.34. The van der Waals surface area contributed by atoms with Crippen LogP contribution in [0.15, 0.2) is 12.1 Å². The van der Waals surface area contributed by atoms with Gasteiger partial charge in [0.2, 0.25) is 5.41 Å². The zero-order valence-corrected chi connectivity index (χ0v) is 12.3. The van der Waals surface area contributed by atoms with Gasteiger partial charge >= 0.3 is 11.9 Å². The maximum Gasteiger partial charge on any atom is 0.329 e. The Hall–Kier alpha value is -2.11. The molecule has 0 amide bonds. The normalized spacial score (nSPS) is 15.9. The van der Waals surface area contributed by atoms with Crippen LogP contribution in [-0.4, -0.2) is 36.0 Å². The summed E-state index contributed by atoms with van der Waals surface area (Å²) in [5.41, 5.74) is -0.540. The molecule has 0 N–H and O–H groups in total. The molecular formula is C15H19NO5. The lowest BCUT2D eigenvalue weighted by molar-refractivity contribution is -0.166. The first kappa shape index (κ1) is 15.3. The number of carbonyl (C=O) groups excluding carboxylic acids is 3. The van der Waals surface area contributed by atoms with E-state index in [1.807, 2.05) is 0 Å². The van der Waals surface area contributed by atoms with Gasteiger partial charge in [-0.05, 0) is 38.8 Å². The number of fused-ring (bicyclic) bond motifs is 1. The van der Waals surface area contributed by atoms with Crippen molar-refractivity contribution in [2.24, 2.45) is 0 Å². The van der Waals surface area contributed by atoms with Crippen LogP contribution in [0.1, 0.15) is 42.9 Å². The largest absolute Gasteiger partial charge is 0.465 e. The third-order valence-corrected chi connectivity index (χ3v) is 3.75. The zero-order valence-electron chi connectivity index (χ0n) is 12.3. The minimum Gasteiger partial charge on any atom is -0.465 e. The Labute approximate surface area is 123 Å². The van der Waals surface area contributed by atoms with Crippen molar-refractivity contribution in [2.45, 2.75) is 38.6 Å². The second-order valence-electron chi connectivity index (χ2n) is 4.86. The van der Waals surface area contributed by atoms with E-state index >= 15 is 0 Å². The molecule has 0 saturated carbocycles. The van der Waals surface area contributed by atoms with Crippen LogP contribution in [0.3, 0.4) is 0 Å². The maximum absolute atomic E-state index is 12.5. The first-order valence-electron chi connectivity index (χ1n) is 7.11. The Kier molecular flexibility index (Phi) is 4.45. The van der Waals surface area contributed by atoms with E-state index in [-0.39, 0.29) is 13.2 Å². The van der Waals surface area contributed by atoms with Crippen LogP contribution >= 0.6 is 0 Å². The fourth-order valence-corrected chi connectivity index (χ4v) is 2.84. The van der Waals surface area contributed by atoms with E-state index in [0.717, 1.165) is 6.29 Å². The number of esters is 2. The van der Waals surface area contributed by atoms with Crippen molar-refractivity contribution < 1.29 is 23.9 Å². The number of nitrogens with zero attached hydrogens (tertiary/aromatic N) is 1. The van der Waals surface area contributed by atoms with Gasteiger partial charge in [0.1, 0.15) is 0 Å². The lowest BCUT2D eigenvalue weighted by Crippen LogP contribution is -2.49. The van der Waals surface area contributed by atoms with Crippen LogP contribution in [0, 0.1) is 0 Å². The molecular weight excluding hydrogens is 274 g/mol. The second-order valence-corrected chi connectivity index (χ2v) is 4.86. The Bertz CT molecular complexity index is 542. The van der Waals surface area contributed by atoms with Crippen LogP contribution in [0.25, 0.3) is 0 Å². The average Bonchev–Trinajstić information content (AvgIpc) is 2.90. The van der Waals surface area contributed by atoms with Crippen molar-refractivity contribution in [1.82, 2.24) is 4.57 Å². The van der Waals surface area contributed by atoms with E-state index in [0.29, 0.717) is 30.8 Å². The average molecular weight is 293 g/mol. The summed E-state index contributed by atoms with van der Waals surface area (Å²) >= 11 is 0. The number of ether oxygens (including phenoxy) is 2. The van der Waals surface area contributed by atoms with Gasteiger partial charge in [-0.1, -0.05) is 0 Å². The van der Waals surface area contributed by atoms with Gasteiger partial charge in [0.05, 0.1) is 18.9 Å². The summed E-state index contributed by atoms with van der Waals surface area (Å²) in [5, 5.41) is 0. The predicted molar refractivity (Wildman–Crippen MR) is 74.0 cm³/mol. The summed E-state index contributed by atoms with van der Waals surface area (Å²) in [4.78, 5) is 36.0. The van der Waals surface area contributed by atoms with Gasteiger partial charge in [-0.2, -0.15) is 0 Å². The van der Waals surface area contributed by atoms with Crippen LogP contribution in [0.2, 0.25) is 0 Å². The highest BCUT2D eigenvalue weighted by Crippen LogP contribution is 2.38. The van der Waals surface area contributed by atoms with Gasteiger partial charge in [0.15, 0.2) is 6.29 Å². The van der Waals surface area contributed by atoms with Gasteiger partial charge < -0.3 is 14.0 Å². The first-order chi connectivity index (χ1) is 10.1. The lowest BCUT2D eigenvalue weighted by Gasteiger charge is -2.34. The van der Waals surface area contributed by atoms with Gasteiger partial charge in [-0.3, -0.25) is 14.4 Å². The second kappa shape index (κ2) is 6.11. The number of carbonyl (C=O) groups is 3. The molecule has 1 aliphatic heterocycles. The molecule has 1 aromatic heterocycles. The third kappa shape index (κ3) is 2.34. The lowest BCUT2D eigenvalue weighted by atomic mass is 9.77. The summed E-state index contributed by atoms with van der Waals surface area (Å²) in [6.07, 6.45) is 1.64. The SMILES string of the molecule is CCOC(=O)C1(C(=O)OCC)CCCn2c(C=O)ccc21. The highest BCUT2D eigenvalue weighted by atomic mass is 16.6. The molecule has 6 heteroatoms. The number of hydrogen-bond donors (Lipinski definition) is 0. The van der Waals surface area contributed by atoms with E-state index in [9.17, 15) is 14.4 Å². The molecule has 0 radical (unpaired) electrons. The number of hydrogen-bond acceptors (Lipinski definition) is 5. The fraction of sp³-hybridized carbons (Fsp3) is 0.533. The molecule has 0 aliphatic carbocycles. The fourth-order valence-electron chi connectivity index (χ4n) is 2.84. The van der Waals surface area contributed by atoms with E-state index in [1.165, 1.54) is 0 Å². The Morgan fingerprint density at radius 2 is 1.86 bits per heavy atom. The highest BCUT2D eigenvalue weighted by molar-refractivity contribution is 6.06. The van der Waals surface area contributed by atoms with Crippen molar-refractivity contribution in [2.75, 3.05) is 13.2 Å². The molecule has 0 atom stereocenters. The summed E-state index contributed by atoms with van der Waals surface area (Å²) in [5.74, 6) is -1.22. The van der Waals surface area contributed by atoms with Crippen molar-refractivity contribution in [3.8, 4) is 0 Å². The molecule has 1 aromatic rings. The van der Waals surface area contributed by atoms with Crippen molar-refractivity contribution in [3.05, 3.63) is 23.5 Å². The third-order valence-electron chi connectivity index (χ3n) is 3.75. The molecule has 0 unspecified atom stereocenters. The Balaban J connectivity index is 2.57. The van der Waals surface area contributed by atoms with Gasteiger partial charge in [-0.15, -0.1) is 0 Å². The molecule has 0 fully saturated rings. The first-order valence-corrected chi connectivity index (χ1v) is 7.11. The van der Waals surface area contributed by atoms with E-state index < -0.39 is 17.4 Å². The summed E-state index contributed by atoms with van der Waals surface area (Å²) in [6, 6.07) is 3.25. The summed E-state index contributed by atoms with van der Waals surface area (Å²) < 4.78 is 11.9. The predicted octanol–water partition coefficient (Wildman–Crippen LogP) is 1.46. The minimum absolute atomic E-state index is 0.182. The molecule has 6 nitrogen and oxygen atoms in total. The molecule has 2 heterocycles. The molecule has 0 saturated heterocycles. The number of aromatic nitrogens is 1. The van der Waals surface area contributed by atoms with Crippen LogP contribution in [0.4, 0.5) is 0 Å². The topological polar surface area (TPSA) is 74.6 Å². The maximum atomic E-state index is 12.5. The highest BCUT2D eigenvalue weighted by Gasteiger charge is 2.53. The number of aldehydes is 1. The van der Waals surface area contributed by atoms with Crippen molar-refractivity contribution >= 4 is 18.2 Å². The molecule has 0 spiro atoms. The van der Waals surface area contributed by atoms with Crippen molar-refractivity contribution in [3.63, 3.8) is 0 Å². The van der Waals surface area contributed by atoms with Gasteiger partial charge in [0.25, 0.3) is 0 Å². The van der Waals surface area contributed by atoms with Gasteiger partial charge in [-0.25, -0.2) is 0 Å². The summed E-state index contributed by atoms with van der Waals surface area (Å²) in [7, 11) is 0. The molecule has 114 valence electrons.